The van der Waals surface area contributed by atoms with Crippen molar-refractivity contribution in [2.75, 3.05) is 24.5 Å². The lowest BCUT2D eigenvalue weighted by Crippen LogP contribution is -2.51. The lowest BCUT2D eigenvalue weighted by Gasteiger charge is -2.36. The molecule has 170 valence electrons. The van der Waals surface area contributed by atoms with Gasteiger partial charge in [-0.1, -0.05) is 12.1 Å². The smallest absolute Gasteiger partial charge is 0.263 e. The number of aromatic amines is 1. The topological polar surface area (TPSA) is 135 Å². The summed E-state index contributed by atoms with van der Waals surface area (Å²) in [5, 5.41) is 16.0. The molecule has 0 spiro atoms. The van der Waals surface area contributed by atoms with Crippen molar-refractivity contribution in [3.05, 3.63) is 72.3 Å². The maximum Gasteiger partial charge on any atom is 0.263 e. The van der Waals surface area contributed by atoms with Gasteiger partial charge in [0.05, 0.1) is 23.4 Å². The van der Waals surface area contributed by atoms with E-state index in [1.165, 1.54) is 0 Å². The number of carbonyl (C=O) groups is 1. The standard InChI is InChI=1S/C24H22N8O2/c1-15(25)32-13-12-31(14-20(32)26)23-24(28-11-10-27-23)34-17-8-6-16(7-9-17)21(33)22-29-18-4-2-3-5-19(18)30-22/h2-11,25-26H,12-14H2,1H3,(H,29,30). The molecule has 1 aliphatic heterocycles. The van der Waals surface area contributed by atoms with Crippen LogP contribution < -0.4 is 9.64 Å². The lowest BCUT2D eigenvalue weighted by molar-refractivity contribution is 0.103. The SMILES string of the molecule is CC(=N)N1CCN(c2nccnc2Oc2ccc(C(=O)c3nc4ccccc4[nH]3)cc2)CC1=N. The molecule has 2 aromatic heterocycles. The Kier molecular flexibility index (Phi) is 5.46. The number of nitrogens with zero attached hydrogens (tertiary/aromatic N) is 5. The van der Waals surface area contributed by atoms with E-state index in [4.69, 9.17) is 15.6 Å². The number of piperazine rings is 1. The third-order valence-corrected chi connectivity index (χ3v) is 5.55. The highest BCUT2D eigenvalue weighted by atomic mass is 16.5. The van der Waals surface area contributed by atoms with Crippen LogP contribution in [0.4, 0.5) is 5.82 Å². The minimum atomic E-state index is -0.208. The number of imidazole rings is 1. The van der Waals surface area contributed by atoms with E-state index in [-0.39, 0.29) is 11.6 Å². The number of nitrogens with one attached hydrogen (secondary N) is 3. The van der Waals surface area contributed by atoms with E-state index in [1.807, 2.05) is 29.2 Å². The third-order valence-electron chi connectivity index (χ3n) is 5.55. The first-order chi connectivity index (χ1) is 16.5. The molecule has 3 N–H and O–H groups in total. The monoisotopic (exact) mass is 454 g/mol. The summed E-state index contributed by atoms with van der Waals surface area (Å²) in [7, 11) is 0. The summed E-state index contributed by atoms with van der Waals surface area (Å²) < 4.78 is 5.98. The predicted octanol–water partition coefficient (Wildman–Crippen LogP) is 3.47. The molecule has 0 saturated carbocycles. The van der Waals surface area contributed by atoms with Gasteiger partial charge in [-0.15, -0.1) is 0 Å². The molecular formula is C24H22N8O2. The van der Waals surface area contributed by atoms with Crippen molar-refractivity contribution >= 4 is 34.3 Å². The number of H-pyrrole nitrogens is 1. The van der Waals surface area contributed by atoms with E-state index in [9.17, 15) is 4.79 Å². The Balaban J connectivity index is 1.32. The van der Waals surface area contributed by atoms with Crippen LogP contribution in [0.3, 0.4) is 0 Å². The van der Waals surface area contributed by atoms with Gasteiger partial charge in [0.15, 0.2) is 11.6 Å². The zero-order valence-electron chi connectivity index (χ0n) is 18.4. The lowest BCUT2D eigenvalue weighted by atomic mass is 10.1. The molecular weight excluding hydrogens is 432 g/mol. The third kappa shape index (κ3) is 4.08. The summed E-state index contributed by atoms with van der Waals surface area (Å²) in [4.78, 5) is 32.6. The molecule has 1 aliphatic rings. The second kappa shape index (κ2) is 8.74. The first kappa shape index (κ1) is 21.3. The number of fused-ring (bicyclic) bond motifs is 1. The average Bonchev–Trinajstić information content (AvgIpc) is 3.28. The van der Waals surface area contributed by atoms with Crippen LogP contribution in [0.15, 0.2) is 60.9 Å². The number of ether oxygens (including phenoxy) is 1. The zero-order valence-corrected chi connectivity index (χ0v) is 18.4. The van der Waals surface area contributed by atoms with Crippen molar-refractivity contribution in [3.63, 3.8) is 0 Å². The molecule has 0 atom stereocenters. The number of carbonyl (C=O) groups excluding carboxylic acids is 1. The van der Waals surface area contributed by atoms with Crippen LogP contribution in [-0.2, 0) is 0 Å². The van der Waals surface area contributed by atoms with E-state index in [0.717, 1.165) is 11.0 Å². The molecule has 5 rings (SSSR count). The van der Waals surface area contributed by atoms with Crippen LogP contribution in [0.2, 0.25) is 0 Å². The Hall–Kier alpha value is -4.60. The van der Waals surface area contributed by atoms with E-state index in [2.05, 4.69) is 19.9 Å². The summed E-state index contributed by atoms with van der Waals surface area (Å²) in [6, 6.07) is 14.3. The molecule has 10 heteroatoms. The van der Waals surface area contributed by atoms with E-state index < -0.39 is 0 Å². The molecule has 2 aromatic carbocycles. The maximum absolute atomic E-state index is 12.8. The number of anilines is 1. The Bertz CT molecular complexity index is 1360. The maximum atomic E-state index is 12.8. The largest absolute Gasteiger partial charge is 0.436 e. The minimum Gasteiger partial charge on any atom is -0.436 e. The highest BCUT2D eigenvalue weighted by Gasteiger charge is 2.26. The van der Waals surface area contributed by atoms with E-state index in [0.29, 0.717) is 54.3 Å². The molecule has 1 saturated heterocycles. The van der Waals surface area contributed by atoms with Crippen molar-refractivity contribution in [2.45, 2.75) is 6.92 Å². The van der Waals surface area contributed by atoms with Crippen molar-refractivity contribution < 1.29 is 9.53 Å². The second-order valence-corrected chi connectivity index (χ2v) is 7.85. The Morgan fingerprint density at radius 2 is 1.82 bits per heavy atom. The minimum absolute atomic E-state index is 0.208. The van der Waals surface area contributed by atoms with Gasteiger partial charge in [-0.3, -0.25) is 15.6 Å². The fourth-order valence-electron chi connectivity index (χ4n) is 3.84. The number of para-hydroxylation sites is 2. The molecule has 0 radical (unpaired) electrons. The average molecular weight is 454 g/mol. The van der Waals surface area contributed by atoms with Crippen LogP contribution in [-0.4, -0.2) is 61.9 Å². The van der Waals surface area contributed by atoms with Gasteiger partial charge in [0.2, 0.25) is 5.78 Å². The molecule has 0 aliphatic carbocycles. The van der Waals surface area contributed by atoms with Crippen molar-refractivity contribution in [1.82, 2.24) is 24.8 Å². The van der Waals surface area contributed by atoms with Crippen molar-refractivity contribution in [3.8, 4) is 11.6 Å². The van der Waals surface area contributed by atoms with Gasteiger partial charge in [-0.25, -0.2) is 15.0 Å². The van der Waals surface area contributed by atoms with Crippen molar-refractivity contribution in [1.29, 1.82) is 10.8 Å². The summed E-state index contributed by atoms with van der Waals surface area (Å²) in [6.45, 7) is 3.07. The van der Waals surface area contributed by atoms with Gasteiger partial charge in [-0.05, 0) is 43.3 Å². The van der Waals surface area contributed by atoms with E-state index in [1.54, 1.807) is 48.5 Å². The molecule has 0 bridgehead atoms. The highest BCUT2D eigenvalue weighted by molar-refractivity contribution is 6.08. The van der Waals surface area contributed by atoms with Crippen LogP contribution in [0.5, 0.6) is 11.6 Å². The normalized spacial score (nSPS) is 13.9. The number of amidine groups is 2. The molecule has 34 heavy (non-hydrogen) atoms. The summed E-state index contributed by atoms with van der Waals surface area (Å²) in [5.41, 5.74) is 2.04. The number of aromatic nitrogens is 4. The first-order valence-electron chi connectivity index (χ1n) is 10.7. The summed E-state index contributed by atoms with van der Waals surface area (Å²) >= 11 is 0. The number of rotatable bonds is 5. The van der Waals surface area contributed by atoms with Crippen molar-refractivity contribution in [2.24, 2.45) is 0 Å². The molecule has 3 heterocycles. The molecule has 0 unspecified atom stereocenters. The predicted molar refractivity (Wildman–Crippen MR) is 128 cm³/mol. The molecule has 1 fully saturated rings. The van der Waals surface area contributed by atoms with Crippen LogP contribution >= 0.6 is 0 Å². The first-order valence-corrected chi connectivity index (χ1v) is 10.7. The number of benzene rings is 2. The molecule has 10 nitrogen and oxygen atoms in total. The van der Waals surface area contributed by atoms with Crippen LogP contribution in [0, 0.1) is 10.8 Å². The van der Waals surface area contributed by atoms with Gasteiger partial charge in [0.25, 0.3) is 5.88 Å². The number of ketones is 1. The quantitative estimate of drug-likeness (QED) is 0.239. The Morgan fingerprint density at radius 3 is 2.56 bits per heavy atom. The second-order valence-electron chi connectivity index (χ2n) is 7.85. The van der Waals surface area contributed by atoms with Gasteiger partial charge < -0.3 is 19.5 Å². The number of hydrogen-bond donors (Lipinski definition) is 3. The molecule has 4 aromatic rings. The molecule has 0 amide bonds. The van der Waals surface area contributed by atoms with Gasteiger partial charge in [-0.2, -0.15) is 0 Å². The Labute approximate surface area is 195 Å². The summed E-state index contributed by atoms with van der Waals surface area (Å²) in [5.74, 6) is 2.09. The van der Waals surface area contributed by atoms with Crippen LogP contribution in [0.25, 0.3) is 11.0 Å². The Morgan fingerprint density at radius 1 is 1.06 bits per heavy atom. The fourth-order valence-corrected chi connectivity index (χ4v) is 3.84. The van der Waals surface area contributed by atoms with Gasteiger partial charge in [0, 0.05) is 31.0 Å². The zero-order chi connectivity index (χ0) is 23.7. The highest BCUT2D eigenvalue weighted by Crippen LogP contribution is 2.29. The van der Waals surface area contributed by atoms with E-state index >= 15 is 0 Å². The van der Waals surface area contributed by atoms with Crippen LogP contribution in [0.1, 0.15) is 23.1 Å². The fraction of sp³-hybridized carbons (Fsp3) is 0.167. The number of hydrogen-bond acceptors (Lipinski definition) is 8. The van der Waals surface area contributed by atoms with Gasteiger partial charge in [0.1, 0.15) is 11.6 Å². The summed E-state index contributed by atoms with van der Waals surface area (Å²) in [6.07, 6.45) is 3.12. The van der Waals surface area contributed by atoms with Gasteiger partial charge >= 0.3 is 0 Å².